The number of rotatable bonds is 0. The first-order valence-corrected chi connectivity index (χ1v) is 9.49. The van der Waals surface area contributed by atoms with Crippen LogP contribution in [0.2, 0.25) is 0 Å². The molecular formula is C12H28N4S9Zn. The van der Waals surface area contributed by atoms with E-state index < -0.39 is 0 Å². The van der Waals surface area contributed by atoms with Crippen LogP contribution in [-0.2, 0) is 44.7 Å². The van der Waals surface area contributed by atoms with Gasteiger partial charge in [0, 0.05) is 56.4 Å². The van der Waals surface area contributed by atoms with Gasteiger partial charge < -0.3 is 69.3 Å². The molecule has 0 unspecified atom stereocenters. The van der Waals surface area contributed by atoms with Crippen LogP contribution in [0.4, 0.5) is 0 Å². The summed E-state index contributed by atoms with van der Waals surface area (Å²) in [6.45, 7) is 0. The van der Waals surface area contributed by atoms with Gasteiger partial charge >= 0.3 is 19.5 Å². The molecule has 0 heterocycles. The van der Waals surface area contributed by atoms with Crippen LogP contribution in [0.1, 0.15) is 0 Å². The molecule has 0 aromatic heterocycles. The van der Waals surface area contributed by atoms with Gasteiger partial charge in [-0.15, -0.1) is 25.3 Å². The van der Waals surface area contributed by atoms with Crippen LogP contribution in [0.5, 0.6) is 0 Å². The Hall–Kier alpha value is 1.67. The third-order valence-corrected chi connectivity index (χ3v) is 4.49. The predicted octanol–water partition coefficient (Wildman–Crippen LogP) is 2.40. The average molecular weight is 582 g/mol. The zero-order valence-corrected chi connectivity index (χ0v) is 27.0. The fourth-order valence-electron chi connectivity index (χ4n) is 0. The molecule has 26 heavy (non-hydrogen) atoms. The Morgan fingerprint density at radius 1 is 0.577 bits per heavy atom. The van der Waals surface area contributed by atoms with Gasteiger partial charge in [-0.25, -0.2) is 0 Å². The fraction of sp³-hybridized carbons (Fsp3) is 0.667. The molecule has 0 saturated heterocycles. The summed E-state index contributed by atoms with van der Waals surface area (Å²) in [5.74, 6) is 0. The average Bonchev–Trinajstić information content (AvgIpc) is 2.40. The molecule has 14 heteroatoms. The van der Waals surface area contributed by atoms with E-state index >= 15 is 0 Å². The maximum Gasteiger partial charge on any atom is 2.00 e. The van der Waals surface area contributed by atoms with Crippen molar-refractivity contribution in [3.05, 3.63) is 0 Å². The van der Waals surface area contributed by atoms with Gasteiger partial charge in [-0.1, -0.05) is 33.1 Å². The van der Waals surface area contributed by atoms with Gasteiger partial charge in [-0.2, -0.15) is 13.5 Å². The molecule has 0 aliphatic heterocycles. The van der Waals surface area contributed by atoms with E-state index in [4.69, 9.17) is 0 Å². The van der Waals surface area contributed by atoms with E-state index in [1.807, 2.05) is 56.4 Å². The van der Waals surface area contributed by atoms with Crippen LogP contribution in [-0.4, -0.2) is 93.3 Å². The zero-order valence-electron chi connectivity index (χ0n) is 16.3. The molecule has 0 aromatic rings. The molecule has 0 bridgehead atoms. The molecule has 0 fully saturated rings. The van der Waals surface area contributed by atoms with Gasteiger partial charge in [0.15, 0.2) is 0 Å². The van der Waals surface area contributed by atoms with Crippen LogP contribution < -0.4 is 0 Å². The van der Waals surface area contributed by atoms with Crippen molar-refractivity contribution in [3.8, 4) is 0 Å². The second kappa shape index (κ2) is 26.7. The molecule has 4 nitrogen and oxygen atoms in total. The topological polar surface area (TPSA) is 13.0 Å². The van der Waals surface area contributed by atoms with Gasteiger partial charge in [0.05, 0.1) is 0 Å². The summed E-state index contributed by atoms with van der Waals surface area (Å²) in [5.41, 5.74) is 0. The Morgan fingerprint density at radius 2 is 0.654 bits per heavy atom. The van der Waals surface area contributed by atoms with Gasteiger partial charge in [0.2, 0.25) is 0 Å². The van der Waals surface area contributed by atoms with E-state index in [-0.39, 0.29) is 33.0 Å². The Kier molecular flexibility index (Phi) is 43.0. The van der Waals surface area contributed by atoms with Crippen molar-refractivity contribution in [3.63, 3.8) is 0 Å². The van der Waals surface area contributed by atoms with E-state index in [2.05, 4.69) is 99.4 Å². The van der Waals surface area contributed by atoms with Gasteiger partial charge in [0.1, 0.15) is 8.64 Å². The SMILES string of the molecule is CN(C)C(=S)S.CN(C)C(=S)S.CN(C)C(=S)[S-].CN(C)C(=S)[S-].S.[Zn+2]. The quantitative estimate of drug-likeness (QED) is 0.191. The van der Waals surface area contributed by atoms with Gasteiger partial charge in [0.25, 0.3) is 0 Å². The Labute approximate surface area is 223 Å². The molecule has 0 aliphatic rings. The first kappa shape index (κ1) is 41.9. The monoisotopic (exact) mass is 580 g/mol. The van der Waals surface area contributed by atoms with Crippen molar-refractivity contribution in [2.75, 3.05) is 56.4 Å². The third kappa shape index (κ3) is 50.0. The van der Waals surface area contributed by atoms with E-state index in [1.165, 1.54) is 0 Å². The molecule has 0 rings (SSSR count). The zero-order chi connectivity index (χ0) is 20.6. The standard InChI is InChI=1S/4C3H7NS2.H2S.Zn/c4*1-4(2)3(5)6;;/h4*1-2H3,(H,5,6);1H2;/q;;;;;+2/p-2. The number of nitrogens with zero attached hydrogens (tertiary/aromatic N) is 4. The molecule has 0 radical (unpaired) electrons. The summed E-state index contributed by atoms with van der Waals surface area (Å²) < 4.78 is 2.26. The third-order valence-electron chi connectivity index (χ3n) is 1.50. The summed E-state index contributed by atoms with van der Waals surface area (Å²) in [6.07, 6.45) is 0. The smallest absolute Gasteiger partial charge is 0.411 e. The second-order valence-corrected chi connectivity index (χ2v) is 8.96. The number of hydrogen-bond acceptors (Lipinski definition) is 6. The number of thiol groups is 2. The fourth-order valence-corrected chi connectivity index (χ4v) is 0. The van der Waals surface area contributed by atoms with Crippen LogP contribution in [0.25, 0.3) is 0 Å². The van der Waals surface area contributed by atoms with Crippen LogP contribution in [0.3, 0.4) is 0 Å². The molecule has 0 atom stereocenters. The van der Waals surface area contributed by atoms with E-state index in [0.29, 0.717) is 17.3 Å². The largest absolute Gasteiger partial charge is 2.00 e. The minimum absolute atomic E-state index is 0. The molecule has 0 amide bonds. The van der Waals surface area contributed by atoms with Gasteiger partial charge in [-0.3, -0.25) is 0 Å². The predicted molar refractivity (Wildman–Crippen MR) is 148 cm³/mol. The van der Waals surface area contributed by atoms with Crippen molar-refractivity contribution < 1.29 is 19.5 Å². The summed E-state index contributed by atoms with van der Waals surface area (Å²) >= 11 is 35.2. The summed E-state index contributed by atoms with van der Waals surface area (Å²) in [5, 5.41) is 0. The van der Waals surface area contributed by atoms with Crippen molar-refractivity contribution in [2.24, 2.45) is 0 Å². The number of thiocarbonyl (C=S) groups is 4. The molecule has 0 N–H and O–H groups in total. The van der Waals surface area contributed by atoms with Crippen LogP contribution >= 0.6 is 87.6 Å². The van der Waals surface area contributed by atoms with Crippen LogP contribution in [0, 0.1) is 0 Å². The molecular weight excluding hydrogens is 554 g/mol. The molecule has 0 aromatic carbocycles. The van der Waals surface area contributed by atoms with Gasteiger partial charge in [-0.05, 0) is 0 Å². The van der Waals surface area contributed by atoms with Crippen molar-refractivity contribution in [1.82, 2.24) is 19.6 Å². The number of hydrogen-bond donors (Lipinski definition) is 2. The normalized spacial score (nSPS) is 7.15. The minimum Gasteiger partial charge on any atom is -0.411 e. The van der Waals surface area contributed by atoms with E-state index in [0.717, 1.165) is 0 Å². The Morgan fingerprint density at radius 3 is 0.654 bits per heavy atom. The summed E-state index contributed by atoms with van der Waals surface area (Å²) in [7, 11) is 14.7. The van der Waals surface area contributed by atoms with E-state index in [9.17, 15) is 0 Å². The molecule has 0 spiro atoms. The maximum absolute atomic E-state index is 4.61. The first-order chi connectivity index (χ1) is 10.6. The molecule has 0 aliphatic carbocycles. The Bertz CT molecular complexity index is 319. The van der Waals surface area contributed by atoms with Crippen molar-refractivity contribution in [1.29, 1.82) is 0 Å². The Balaban J connectivity index is -0.0000000500. The second-order valence-electron chi connectivity index (χ2n) is 4.67. The summed E-state index contributed by atoms with van der Waals surface area (Å²) in [6, 6.07) is 0. The van der Waals surface area contributed by atoms with E-state index in [1.54, 1.807) is 19.6 Å². The van der Waals surface area contributed by atoms with Crippen LogP contribution in [0.15, 0.2) is 0 Å². The molecule has 152 valence electrons. The minimum atomic E-state index is 0. The maximum atomic E-state index is 4.61. The van der Waals surface area contributed by atoms with Crippen molar-refractivity contribution in [2.45, 2.75) is 0 Å². The first-order valence-electron chi connectivity index (χ1n) is 6.14. The molecule has 0 saturated carbocycles. The summed E-state index contributed by atoms with van der Waals surface area (Å²) in [4.78, 5) is 6.95. The van der Waals surface area contributed by atoms with Crippen molar-refractivity contribution >= 4 is 130 Å².